The van der Waals surface area contributed by atoms with E-state index < -0.39 is 11.6 Å². The summed E-state index contributed by atoms with van der Waals surface area (Å²) in [6.45, 7) is 11.9. The van der Waals surface area contributed by atoms with Gasteiger partial charge in [0.15, 0.2) is 0 Å². The minimum atomic E-state index is -0.813. The molecular formula is C21H30N2O4S2. The van der Waals surface area contributed by atoms with Gasteiger partial charge in [-0.15, -0.1) is 6.58 Å². The standard InChI is InChI=1S/C21H30N2O4S2/c1-7-13-23(17(24)14-29-20(28)27-8-2)18(19(25)22-21(3,4)5)15-9-11-16(26-6)12-10-15/h7,9-12,18H,1,8,13-14H2,2-6H3,(H,22,25). The van der Waals surface area contributed by atoms with Gasteiger partial charge in [-0.3, -0.25) is 9.59 Å². The normalized spacial score (nSPS) is 11.9. The van der Waals surface area contributed by atoms with E-state index in [1.807, 2.05) is 27.7 Å². The Bertz CT molecular complexity index is 714. The topological polar surface area (TPSA) is 67.9 Å². The minimum absolute atomic E-state index is 0.0716. The predicted molar refractivity (Wildman–Crippen MR) is 122 cm³/mol. The van der Waals surface area contributed by atoms with Crippen molar-refractivity contribution in [2.24, 2.45) is 0 Å². The van der Waals surface area contributed by atoms with Crippen molar-refractivity contribution in [3.8, 4) is 5.75 Å². The van der Waals surface area contributed by atoms with E-state index in [9.17, 15) is 9.59 Å². The van der Waals surface area contributed by atoms with Gasteiger partial charge in [0.1, 0.15) is 11.8 Å². The van der Waals surface area contributed by atoms with Crippen molar-refractivity contribution in [3.63, 3.8) is 0 Å². The molecule has 0 fully saturated rings. The van der Waals surface area contributed by atoms with E-state index in [4.69, 9.17) is 21.7 Å². The van der Waals surface area contributed by atoms with Crippen molar-refractivity contribution in [1.29, 1.82) is 0 Å². The van der Waals surface area contributed by atoms with E-state index in [1.165, 1.54) is 4.90 Å². The molecule has 1 aromatic carbocycles. The van der Waals surface area contributed by atoms with E-state index in [-0.39, 0.29) is 24.1 Å². The molecule has 0 aromatic heterocycles. The highest BCUT2D eigenvalue weighted by atomic mass is 32.2. The first-order valence-electron chi connectivity index (χ1n) is 9.28. The van der Waals surface area contributed by atoms with Crippen LogP contribution in [0.15, 0.2) is 36.9 Å². The lowest BCUT2D eigenvalue weighted by atomic mass is 10.0. The molecule has 1 rings (SSSR count). The second-order valence-electron chi connectivity index (χ2n) is 7.22. The molecule has 0 heterocycles. The van der Waals surface area contributed by atoms with Crippen LogP contribution in [0.4, 0.5) is 0 Å². The molecule has 0 bridgehead atoms. The lowest BCUT2D eigenvalue weighted by Gasteiger charge is -2.33. The molecule has 0 saturated carbocycles. The number of hydrogen-bond donors (Lipinski definition) is 1. The summed E-state index contributed by atoms with van der Waals surface area (Å²) >= 11 is 6.23. The highest BCUT2D eigenvalue weighted by Gasteiger charge is 2.32. The quantitative estimate of drug-likeness (QED) is 0.468. The molecule has 1 atom stereocenters. The van der Waals surface area contributed by atoms with Crippen LogP contribution in [0.3, 0.4) is 0 Å². The molecule has 0 aliphatic rings. The zero-order valence-corrected chi connectivity index (χ0v) is 19.3. The maximum atomic E-state index is 13.1. The van der Waals surface area contributed by atoms with Gasteiger partial charge in [0, 0.05) is 12.1 Å². The summed E-state index contributed by atoms with van der Waals surface area (Å²) in [5.41, 5.74) is 0.232. The summed E-state index contributed by atoms with van der Waals surface area (Å²) in [7, 11) is 1.57. The summed E-state index contributed by atoms with van der Waals surface area (Å²) in [5.74, 6) is 0.238. The fourth-order valence-electron chi connectivity index (χ4n) is 2.55. The fourth-order valence-corrected chi connectivity index (χ4v) is 3.45. The molecule has 1 aromatic rings. The van der Waals surface area contributed by atoms with E-state index in [0.29, 0.717) is 22.3 Å². The summed E-state index contributed by atoms with van der Waals surface area (Å²) in [5, 5.41) is 2.97. The van der Waals surface area contributed by atoms with Gasteiger partial charge in [0.2, 0.25) is 16.2 Å². The van der Waals surface area contributed by atoms with Crippen LogP contribution >= 0.6 is 24.0 Å². The van der Waals surface area contributed by atoms with E-state index in [2.05, 4.69) is 11.9 Å². The highest BCUT2D eigenvalue weighted by Crippen LogP contribution is 2.26. The Labute approximate surface area is 183 Å². The van der Waals surface area contributed by atoms with Gasteiger partial charge >= 0.3 is 0 Å². The van der Waals surface area contributed by atoms with Crippen molar-refractivity contribution < 1.29 is 19.1 Å². The average Bonchev–Trinajstić information content (AvgIpc) is 2.65. The summed E-state index contributed by atoms with van der Waals surface area (Å²) in [6, 6.07) is 6.29. The number of nitrogens with zero attached hydrogens (tertiary/aromatic N) is 1. The Morgan fingerprint density at radius 2 is 1.93 bits per heavy atom. The van der Waals surface area contributed by atoms with E-state index in [0.717, 1.165) is 11.8 Å². The van der Waals surface area contributed by atoms with Gasteiger partial charge in [0.05, 0.1) is 19.5 Å². The SMILES string of the molecule is C=CCN(C(=O)CSC(=S)OCC)C(C(=O)NC(C)(C)C)c1ccc(OC)cc1. The smallest absolute Gasteiger partial charge is 0.247 e. The maximum absolute atomic E-state index is 13.1. The second-order valence-corrected chi connectivity index (χ2v) is 8.80. The van der Waals surface area contributed by atoms with Crippen molar-refractivity contribution in [1.82, 2.24) is 10.2 Å². The van der Waals surface area contributed by atoms with Crippen LogP contribution in [0.25, 0.3) is 0 Å². The molecule has 0 aliphatic carbocycles. The van der Waals surface area contributed by atoms with Crippen molar-refractivity contribution in [2.45, 2.75) is 39.3 Å². The summed E-state index contributed by atoms with van der Waals surface area (Å²) < 4.78 is 10.7. The lowest BCUT2D eigenvalue weighted by Crippen LogP contribution is -2.49. The molecule has 1 N–H and O–H groups in total. The zero-order valence-electron chi connectivity index (χ0n) is 17.7. The number of thiocarbonyl (C=S) groups is 1. The molecule has 1 unspecified atom stereocenters. The maximum Gasteiger partial charge on any atom is 0.247 e. The first-order chi connectivity index (χ1) is 13.6. The first-order valence-corrected chi connectivity index (χ1v) is 10.7. The number of carbonyl (C=O) groups is 2. The fraction of sp³-hybridized carbons (Fsp3) is 0.476. The number of rotatable bonds is 9. The number of carbonyl (C=O) groups excluding carboxylic acids is 2. The molecule has 0 radical (unpaired) electrons. The predicted octanol–water partition coefficient (Wildman–Crippen LogP) is 3.72. The average molecular weight is 439 g/mol. The van der Waals surface area contributed by atoms with Gasteiger partial charge < -0.3 is 19.7 Å². The Morgan fingerprint density at radius 3 is 2.41 bits per heavy atom. The lowest BCUT2D eigenvalue weighted by molar-refractivity contribution is -0.139. The van der Waals surface area contributed by atoms with Gasteiger partial charge in [0.25, 0.3) is 0 Å². The van der Waals surface area contributed by atoms with Gasteiger partial charge in [-0.25, -0.2) is 0 Å². The Morgan fingerprint density at radius 1 is 1.31 bits per heavy atom. The number of benzene rings is 1. The molecule has 0 spiro atoms. The number of methoxy groups -OCH3 is 1. The number of hydrogen-bond acceptors (Lipinski definition) is 6. The highest BCUT2D eigenvalue weighted by molar-refractivity contribution is 8.23. The number of amides is 2. The van der Waals surface area contributed by atoms with Gasteiger partial charge in [-0.2, -0.15) is 0 Å². The third kappa shape index (κ3) is 8.45. The molecule has 2 amide bonds. The monoisotopic (exact) mass is 438 g/mol. The minimum Gasteiger partial charge on any atom is -0.497 e. The third-order valence-electron chi connectivity index (χ3n) is 3.71. The van der Waals surface area contributed by atoms with Crippen LogP contribution in [-0.4, -0.2) is 52.7 Å². The zero-order chi connectivity index (χ0) is 22.0. The van der Waals surface area contributed by atoms with Crippen LogP contribution < -0.4 is 10.1 Å². The van der Waals surface area contributed by atoms with Crippen molar-refractivity contribution in [3.05, 3.63) is 42.5 Å². The number of ether oxygens (including phenoxy) is 2. The van der Waals surface area contributed by atoms with Gasteiger partial charge in [-0.05, 0) is 57.6 Å². The van der Waals surface area contributed by atoms with Crippen LogP contribution in [0, 0.1) is 0 Å². The van der Waals surface area contributed by atoms with Crippen LogP contribution in [0.5, 0.6) is 5.75 Å². The molecule has 8 heteroatoms. The molecule has 29 heavy (non-hydrogen) atoms. The third-order valence-corrected chi connectivity index (χ3v) is 4.93. The molecule has 6 nitrogen and oxygen atoms in total. The first kappa shape index (κ1) is 25.0. The molecule has 0 saturated heterocycles. The summed E-state index contributed by atoms with van der Waals surface area (Å²) in [6.07, 6.45) is 1.60. The molecule has 160 valence electrons. The second kappa shape index (κ2) is 11.8. The summed E-state index contributed by atoms with van der Waals surface area (Å²) in [4.78, 5) is 27.6. The number of thioether (sulfide) groups is 1. The van der Waals surface area contributed by atoms with Crippen LogP contribution in [-0.2, 0) is 14.3 Å². The van der Waals surface area contributed by atoms with Crippen molar-refractivity contribution >= 4 is 40.2 Å². The Balaban J connectivity index is 3.21. The largest absolute Gasteiger partial charge is 0.497 e. The van der Waals surface area contributed by atoms with Crippen molar-refractivity contribution in [2.75, 3.05) is 26.0 Å². The van der Waals surface area contributed by atoms with E-state index >= 15 is 0 Å². The van der Waals surface area contributed by atoms with Gasteiger partial charge in [-0.1, -0.05) is 30.0 Å². The van der Waals surface area contributed by atoms with E-state index in [1.54, 1.807) is 37.5 Å². The molecular weight excluding hydrogens is 408 g/mol. The number of nitrogens with one attached hydrogen (secondary N) is 1. The molecule has 0 aliphatic heterocycles. The Kier molecular flexibility index (Phi) is 10.2. The van der Waals surface area contributed by atoms with Crippen LogP contribution in [0.1, 0.15) is 39.3 Å². The Hall–Kier alpha value is -2.06. The van der Waals surface area contributed by atoms with Crippen LogP contribution in [0.2, 0.25) is 0 Å².